The van der Waals surface area contributed by atoms with Gasteiger partial charge in [0.15, 0.2) is 0 Å². The molecule has 2 rings (SSSR count). The van der Waals surface area contributed by atoms with Gasteiger partial charge in [-0.3, -0.25) is 9.89 Å². The molecule has 0 atom stereocenters. The first-order chi connectivity index (χ1) is 10.1. The van der Waals surface area contributed by atoms with E-state index in [4.69, 9.17) is 0 Å². The average Bonchev–Trinajstić information content (AvgIpc) is 2.88. The summed E-state index contributed by atoms with van der Waals surface area (Å²) in [5.74, 6) is 0.125. The summed E-state index contributed by atoms with van der Waals surface area (Å²) in [5, 5.41) is 9.89. The van der Waals surface area contributed by atoms with Crippen LogP contribution in [0.4, 0.5) is 0 Å². The Bertz CT molecular complexity index is 572. The lowest BCUT2D eigenvalue weighted by molar-refractivity contribution is -0.121. The van der Waals surface area contributed by atoms with E-state index >= 15 is 0 Å². The van der Waals surface area contributed by atoms with Crippen LogP contribution in [0.2, 0.25) is 0 Å². The lowest BCUT2D eigenvalue weighted by Gasteiger charge is -2.05. The molecular formula is C17H23N3O. The Morgan fingerprint density at radius 1 is 1.19 bits per heavy atom. The molecule has 2 aromatic rings. The summed E-state index contributed by atoms with van der Waals surface area (Å²) in [7, 11) is 0. The number of hydrogen-bond donors (Lipinski definition) is 2. The van der Waals surface area contributed by atoms with Crippen LogP contribution in [-0.2, 0) is 17.6 Å². The molecule has 21 heavy (non-hydrogen) atoms. The molecule has 0 aliphatic carbocycles. The van der Waals surface area contributed by atoms with E-state index in [0.717, 1.165) is 31.5 Å². The minimum Gasteiger partial charge on any atom is -0.356 e. The summed E-state index contributed by atoms with van der Waals surface area (Å²) >= 11 is 0. The van der Waals surface area contributed by atoms with E-state index in [0.29, 0.717) is 6.42 Å². The molecule has 4 heteroatoms. The second-order valence-electron chi connectivity index (χ2n) is 5.46. The molecule has 0 radical (unpaired) electrons. The Hall–Kier alpha value is -2.10. The van der Waals surface area contributed by atoms with Crippen molar-refractivity contribution in [3.05, 3.63) is 52.8 Å². The van der Waals surface area contributed by atoms with Crippen molar-refractivity contribution in [2.75, 3.05) is 6.54 Å². The highest BCUT2D eigenvalue weighted by molar-refractivity contribution is 5.76. The monoisotopic (exact) mass is 285 g/mol. The van der Waals surface area contributed by atoms with Crippen LogP contribution in [0.5, 0.6) is 0 Å². The van der Waals surface area contributed by atoms with Crippen molar-refractivity contribution < 1.29 is 4.79 Å². The van der Waals surface area contributed by atoms with Gasteiger partial charge in [-0.1, -0.05) is 29.8 Å². The van der Waals surface area contributed by atoms with E-state index in [2.05, 4.69) is 46.7 Å². The number of carbonyl (C=O) groups excluding carboxylic acids is 1. The summed E-state index contributed by atoms with van der Waals surface area (Å²) < 4.78 is 0. The first kappa shape index (κ1) is 15.3. The average molecular weight is 285 g/mol. The van der Waals surface area contributed by atoms with Crippen LogP contribution < -0.4 is 5.32 Å². The summed E-state index contributed by atoms with van der Waals surface area (Å²) in [4.78, 5) is 11.8. The van der Waals surface area contributed by atoms with E-state index in [9.17, 15) is 4.79 Å². The second-order valence-corrected chi connectivity index (χ2v) is 5.46. The number of aromatic amines is 1. The van der Waals surface area contributed by atoms with E-state index < -0.39 is 0 Å². The normalized spacial score (nSPS) is 10.6. The van der Waals surface area contributed by atoms with Gasteiger partial charge in [-0.2, -0.15) is 5.10 Å². The number of carbonyl (C=O) groups is 1. The number of nitrogens with one attached hydrogen (secondary N) is 2. The molecule has 0 saturated heterocycles. The molecule has 0 unspecified atom stereocenters. The second kappa shape index (κ2) is 7.62. The molecule has 0 saturated carbocycles. The number of rotatable bonds is 7. The minimum absolute atomic E-state index is 0.125. The molecule has 0 aliphatic heterocycles. The molecule has 4 nitrogen and oxygen atoms in total. The maximum absolute atomic E-state index is 11.8. The zero-order valence-corrected chi connectivity index (χ0v) is 12.8. The van der Waals surface area contributed by atoms with Crippen molar-refractivity contribution >= 4 is 5.91 Å². The van der Waals surface area contributed by atoms with E-state index in [-0.39, 0.29) is 5.91 Å². The summed E-state index contributed by atoms with van der Waals surface area (Å²) in [5.41, 5.74) is 4.80. The predicted molar refractivity (Wildman–Crippen MR) is 84.2 cm³/mol. The van der Waals surface area contributed by atoms with Gasteiger partial charge in [-0.15, -0.1) is 0 Å². The minimum atomic E-state index is 0.125. The summed E-state index contributed by atoms with van der Waals surface area (Å²) in [6.07, 6.45) is 5.09. The molecule has 1 aromatic heterocycles. The third-order valence-corrected chi connectivity index (χ3v) is 3.64. The SMILES string of the molecule is Cc1ccc(CCC(=O)NCCCc2cn[nH]c2C)cc1. The topological polar surface area (TPSA) is 57.8 Å². The zero-order valence-electron chi connectivity index (χ0n) is 12.8. The third kappa shape index (κ3) is 5.06. The van der Waals surface area contributed by atoms with Gasteiger partial charge in [0.2, 0.25) is 5.91 Å². The van der Waals surface area contributed by atoms with Crippen LogP contribution in [-0.4, -0.2) is 22.6 Å². The number of nitrogens with zero attached hydrogens (tertiary/aromatic N) is 1. The number of aromatic nitrogens is 2. The molecule has 1 aromatic carbocycles. The largest absolute Gasteiger partial charge is 0.356 e. The Morgan fingerprint density at radius 3 is 2.62 bits per heavy atom. The molecule has 1 heterocycles. The molecule has 0 bridgehead atoms. The molecule has 0 fully saturated rings. The van der Waals surface area contributed by atoms with Crippen LogP contribution in [0.25, 0.3) is 0 Å². The fourth-order valence-corrected chi connectivity index (χ4v) is 2.24. The summed E-state index contributed by atoms with van der Waals surface area (Å²) in [6.45, 7) is 4.80. The molecule has 2 N–H and O–H groups in total. The first-order valence-corrected chi connectivity index (χ1v) is 7.46. The van der Waals surface area contributed by atoms with Crippen LogP contribution in [0.15, 0.2) is 30.5 Å². The number of aryl methyl sites for hydroxylation is 4. The first-order valence-electron chi connectivity index (χ1n) is 7.46. The molecular weight excluding hydrogens is 262 g/mol. The molecule has 0 spiro atoms. The van der Waals surface area contributed by atoms with Gasteiger partial charge >= 0.3 is 0 Å². The lowest BCUT2D eigenvalue weighted by Crippen LogP contribution is -2.25. The number of benzene rings is 1. The fourth-order valence-electron chi connectivity index (χ4n) is 2.24. The third-order valence-electron chi connectivity index (χ3n) is 3.64. The summed E-state index contributed by atoms with van der Waals surface area (Å²) in [6, 6.07) is 8.34. The van der Waals surface area contributed by atoms with E-state index in [1.54, 1.807) is 0 Å². The van der Waals surface area contributed by atoms with Gasteiger partial charge in [0.05, 0.1) is 6.20 Å². The maximum Gasteiger partial charge on any atom is 0.220 e. The number of H-pyrrole nitrogens is 1. The zero-order chi connectivity index (χ0) is 15.1. The highest BCUT2D eigenvalue weighted by Crippen LogP contribution is 2.06. The smallest absolute Gasteiger partial charge is 0.220 e. The maximum atomic E-state index is 11.8. The standard InChI is InChI=1S/C17H23N3O/c1-13-5-7-15(8-6-13)9-10-17(21)18-11-3-4-16-12-19-20-14(16)2/h5-8,12H,3-4,9-11H2,1-2H3,(H,18,21)(H,19,20). The fraction of sp³-hybridized carbons (Fsp3) is 0.412. The van der Waals surface area contributed by atoms with Gasteiger partial charge < -0.3 is 5.32 Å². The van der Waals surface area contributed by atoms with Crippen molar-refractivity contribution in [2.45, 2.75) is 39.5 Å². The Balaban J connectivity index is 1.61. The molecule has 112 valence electrons. The quantitative estimate of drug-likeness (QED) is 0.768. The van der Waals surface area contributed by atoms with Gasteiger partial charge in [-0.25, -0.2) is 0 Å². The van der Waals surface area contributed by atoms with Gasteiger partial charge in [0.25, 0.3) is 0 Å². The predicted octanol–water partition coefficient (Wildman–Crippen LogP) is 2.71. The van der Waals surface area contributed by atoms with Crippen LogP contribution >= 0.6 is 0 Å². The van der Waals surface area contributed by atoms with Crippen molar-refractivity contribution in [3.63, 3.8) is 0 Å². The Labute approximate surface area is 126 Å². The highest BCUT2D eigenvalue weighted by Gasteiger charge is 2.03. The van der Waals surface area contributed by atoms with Crippen molar-refractivity contribution in [3.8, 4) is 0 Å². The van der Waals surface area contributed by atoms with Crippen molar-refractivity contribution in [1.29, 1.82) is 0 Å². The van der Waals surface area contributed by atoms with Crippen molar-refractivity contribution in [2.24, 2.45) is 0 Å². The number of amides is 1. The van der Waals surface area contributed by atoms with E-state index in [1.807, 2.05) is 13.1 Å². The highest BCUT2D eigenvalue weighted by atomic mass is 16.1. The number of hydrogen-bond acceptors (Lipinski definition) is 2. The van der Waals surface area contributed by atoms with E-state index in [1.165, 1.54) is 16.7 Å². The van der Waals surface area contributed by atoms with Crippen LogP contribution in [0.3, 0.4) is 0 Å². The Kier molecular flexibility index (Phi) is 5.55. The van der Waals surface area contributed by atoms with Gasteiger partial charge in [0, 0.05) is 18.7 Å². The van der Waals surface area contributed by atoms with Crippen LogP contribution in [0, 0.1) is 13.8 Å². The van der Waals surface area contributed by atoms with Gasteiger partial charge in [-0.05, 0) is 44.2 Å². The van der Waals surface area contributed by atoms with Crippen molar-refractivity contribution in [1.82, 2.24) is 15.5 Å². The van der Waals surface area contributed by atoms with Crippen LogP contribution in [0.1, 0.15) is 35.2 Å². The lowest BCUT2D eigenvalue weighted by atomic mass is 10.1. The molecule has 0 aliphatic rings. The Morgan fingerprint density at radius 2 is 1.95 bits per heavy atom. The van der Waals surface area contributed by atoms with Gasteiger partial charge in [0.1, 0.15) is 0 Å². The molecule has 1 amide bonds.